The summed E-state index contributed by atoms with van der Waals surface area (Å²) in [6.45, 7) is 1.83. The quantitative estimate of drug-likeness (QED) is 0.850. The minimum absolute atomic E-state index is 0.00601. The zero-order chi connectivity index (χ0) is 15.6. The van der Waals surface area contributed by atoms with Gasteiger partial charge in [0.1, 0.15) is 5.69 Å². The fourth-order valence-corrected chi connectivity index (χ4v) is 3.21. The van der Waals surface area contributed by atoms with Gasteiger partial charge in [0, 0.05) is 25.6 Å². The standard InChI is InChI=1S/C14H15ClFNO3S/c1-8(18)21-7-9-5-12(19)17(6-9)14-10(15)3-4-11(20-2)13(14)16/h3-4,9H,5-7H2,1-2H3. The maximum absolute atomic E-state index is 14.3. The molecule has 114 valence electrons. The molecule has 0 N–H and O–H groups in total. The number of benzene rings is 1. The van der Waals surface area contributed by atoms with Crippen LogP contribution in [0.15, 0.2) is 12.1 Å². The third kappa shape index (κ3) is 3.49. The van der Waals surface area contributed by atoms with Gasteiger partial charge >= 0.3 is 0 Å². The van der Waals surface area contributed by atoms with Crippen LogP contribution in [0.3, 0.4) is 0 Å². The highest BCUT2D eigenvalue weighted by molar-refractivity contribution is 8.13. The molecular weight excluding hydrogens is 317 g/mol. The molecule has 1 heterocycles. The van der Waals surface area contributed by atoms with Crippen molar-refractivity contribution in [2.24, 2.45) is 5.92 Å². The van der Waals surface area contributed by atoms with Gasteiger partial charge in [-0.2, -0.15) is 0 Å². The highest BCUT2D eigenvalue weighted by atomic mass is 35.5. The topological polar surface area (TPSA) is 46.6 Å². The van der Waals surface area contributed by atoms with Gasteiger partial charge in [0.15, 0.2) is 16.7 Å². The first kappa shape index (κ1) is 16.1. The molecule has 1 amide bonds. The highest BCUT2D eigenvalue weighted by Crippen LogP contribution is 2.38. The van der Waals surface area contributed by atoms with Gasteiger partial charge in [-0.3, -0.25) is 9.59 Å². The van der Waals surface area contributed by atoms with Gasteiger partial charge in [-0.25, -0.2) is 4.39 Å². The van der Waals surface area contributed by atoms with E-state index in [0.717, 1.165) is 0 Å². The number of ether oxygens (including phenoxy) is 1. The summed E-state index contributed by atoms with van der Waals surface area (Å²) >= 11 is 7.20. The number of rotatable bonds is 4. The largest absolute Gasteiger partial charge is 0.494 e. The van der Waals surface area contributed by atoms with Crippen molar-refractivity contribution in [3.05, 3.63) is 23.0 Å². The molecule has 0 bridgehead atoms. The molecule has 0 aromatic heterocycles. The van der Waals surface area contributed by atoms with Crippen LogP contribution in [0.2, 0.25) is 5.02 Å². The third-order valence-electron chi connectivity index (χ3n) is 3.25. The number of hydrogen-bond donors (Lipinski definition) is 0. The van der Waals surface area contributed by atoms with Gasteiger partial charge in [0.25, 0.3) is 0 Å². The van der Waals surface area contributed by atoms with Crippen molar-refractivity contribution in [2.45, 2.75) is 13.3 Å². The van der Waals surface area contributed by atoms with Crippen molar-refractivity contribution in [1.29, 1.82) is 0 Å². The van der Waals surface area contributed by atoms with Gasteiger partial charge in [-0.15, -0.1) is 0 Å². The molecule has 0 radical (unpaired) electrons. The van der Waals surface area contributed by atoms with E-state index in [1.54, 1.807) is 0 Å². The maximum atomic E-state index is 14.3. The molecular formula is C14H15ClFNO3S. The minimum Gasteiger partial charge on any atom is -0.494 e. The van der Waals surface area contributed by atoms with Crippen molar-refractivity contribution in [2.75, 3.05) is 24.3 Å². The monoisotopic (exact) mass is 331 g/mol. The SMILES string of the molecule is COc1ccc(Cl)c(N2CC(CSC(C)=O)CC2=O)c1F. The molecule has 1 aromatic carbocycles. The maximum Gasteiger partial charge on any atom is 0.227 e. The van der Waals surface area contributed by atoms with E-state index in [4.69, 9.17) is 16.3 Å². The zero-order valence-corrected chi connectivity index (χ0v) is 13.3. The number of carbonyl (C=O) groups is 2. The van der Waals surface area contributed by atoms with Crippen molar-refractivity contribution < 1.29 is 18.7 Å². The summed E-state index contributed by atoms with van der Waals surface area (Å²) in [5.41, 5.74) is 0.0522. The molecule has 0 aliphatic carbocycles. The summed E-state index contributed by atoms with van der Waals surface area (Å²) < 4.78 is 19.3. The first-order valence-electron chi connectivity index (χ1n) is 6.39. The van der Waals surface area contributed by atoms with E-state index >= 15 is 0 Å². The van der Waals surface area contributed by atoms with E-state index in [9.17, 15) is 14.0 Å². The van der Waals surface area contributed by atoms with Crippen LogP contribution in [0, 0.1) is 11.7 Å². The lowest BCUT2D eigenvalue weighted by molar-refractivity contribution is -0.117. The molecule has 1 atom stereocenters. The molecule has 1 aliphatic heterocycles. The summed E-state index contributed by atoms with van der Waals surface area (Å²) in [5, 5.41) is 0.174. The summed E-state index contributed by atoms with van der Waals surface area (Å²) in [7, 11) is 1.36. The summed E-state index contributed by atoms with van der Waals surface area (Å²) in [4.78, 5) is 24.4. The van der Waals surface area contributed by atoms with Crippen molar-refractivity contribution in [3.63, 3.8) is 0 Å². The van der Waals surface area contributed by atoms with Crippen molar-refractivity contribution >= 4 is 40.1 Å². The Balaban J connectivity index is 2.23. The van der Waals surface area contributed by atoms with Crippen LogP contribution in [0.4, 0.5) is 10.1 Å². The number of carbonyl (C=O) groups excluding carboxylic acids is 2. The summed E-state index contributed by atoms with van der Waals surface area (Å²) in [5.74, 6) is -0.242. The molecule has 7 heteroatoms. The Kier molecular flexibility index (Phi) is 5.11. The van der Waals surface area contributed by atoms with Crippen LogP contribution >= 0.6 is 23.4 Å². The van der Waals surface area contributed by atoms with Crippen molar-refractivity contribution in [3.8, 4) is 5.75 Å². The number of anilines is 1. The molecule has 21 heavy (non-hydrogen) atoms. The first-order chi connectivity index (χ1) is 9.93. The number of halogens is 2. The van der Waals surface area contributed by atoms with E-state index in [2.05, 4.69) is 0 Å². The Labute approximate surface area is 131 Å². The average molecular weight is 332 g/mol. The average Bonchev–Trinajstić information content (AvgIpc) is 2.78. The van der Waals surface area contributed by atoms with E-state index in [0.29, 0.717) is 12.3 Å². The number of methoxy groups -OCH3 is 1. The minimum atomic E-state index is -0.641. The molecule has 1 aromatic rings. The number of amides is 1. The molecule has 1 aliphatic rings. The zero-order valence-electron chi connectivity index (χ0n) is 11.7. The van der Waals surface area contributed by atoms with Gasteiger partial charge in [0.05, 0.1) is 12.1 Å². The van der Waals surface area contributed by atoms with Crippen LogP contribution in [-0.2, 0) is 9.59 Å². The third-order valence-corrected chi connectivity index (χ3v) is 4.60. The highest BCUT2D eigenvalue weighted by Gasteiger charge is 2.34. The number of thioether (sulfide) groups is 1. The van der Waals surface area contributed by atoms with E-state index in [1.807, 2.05) is 0 Å². The molecule has 1 saturated heterocycles. The predicted molar refractivity (Wildman–Crippen MR) is 81.6 cm³/mol. The lowest BCUT2D eigenvalue weighted by atomic mass is 10.1. The summed E-state index contributed by atoms with van der Waals surface area (Å²) in [6.07, 6.45) is 0.285. The van der Waals surface area contributed by atoms with Crippen molar-refractivity contribution in [1.82, 2.24) is 0 Å². The van der Waals surface area contributed by atoms with Crippen LogP contribution in [0.25, 0.3) is 0 Å². The lowest BCUT2D eigenvalue weighted by Gasteiger charge is -2.20. The van der Waals surface area contributed by atoms with Gasteiger partial charge < -0.3 is 9.64 Å². The van der Waals surface area contributed by atoms with Gasteiger partial charge in [-0.1, -0.05) is 23.4 Å². The van der Waals surface area contributed by atoms with Crippen LogP contribution in [-0.4, -0.2) is 30.4 Å². The molecule has 4 nitrogen and oxygen atoms in total. The fraction of sp³-hybridized carbons (Fsp3) is 0.429. The van der Waals surface area contributed by atoms with E-state index in [-0.39, 0.29) is 39.8 Å². The number of hydrogen-bond acceptors (Lipinski definition) is 4. The van der Waals surface area contributed by atoms with Gasteiger partial charge in [-0.05, 0) is 18.1 Å². The molecule has 0 saturated carbocycles. The fourth-order valence-electron chi connectivity index (χ4n) is 2.27. The molecule has 0 spiro atoms. The second-order valence-corrected chi connectivity index (χ2v) is 6.39. The second-order valence-electron chi connectivity index (χ2n) is 4.79. The lowest BCUT2D eigenvalue weighted by Crippen LogP contribution is -2.26. The number of nitrogens with zero attached hydrogens (tertiary/aromatic N) is 1. The smallest absolute Gasteiger partial charge is 0.227 e. The summed E-state index contributed by atoms with van der Waals surface area (Å²) in [6, 6.07) is 2.93. The van der Waals surface area contributed by atoms with E-state index in [1.165, 1.54) is 42.8 Å². The van der Waals surface area contributed by atoms with Crippen LogP contribution in [0.5, 0.6) is 5.75 Å². The first-order valence-corrected chi connectivity index (χ1v) is 7.76. The Bertz CT molecular complexity index is 582. The Morgan fingerprint density at radius 1 is 1.57 bits per heavy atom. The molecule has 1 unspecified atom stereocenters. The predicted octanol–water partition coefficient (Wildman–Crippen LogP) is 3.12. The normalized spacial score (nSPS) is 18.2. The van der Waals surface area contributed by atoms with Crippen LogP contribution < -0.4 is 9.64 Å². The Morgan fingerprint density at radius 3 is 2.90 bits per heavy atom. The van der Waals surface area contributed by atoms with Gasteiger partial charge in [0.2, 0.25) is 5.91 Å². The molecule has 1 fully saturated rings. The Morgan fingerprint density at radius 2 is 2.29 bits per heavy atom. The van der Waals surface area contributed by atoms with E-state index < -0.39 is 5.82 Å². The van der Waals surface area contributed by atoms with Crippen LogP contribution in [0.1, 0.15) is 13.3 Å². The Hall–Kier alpha value is -1.27. The molecule has 2 rings (SSSR count). The second kappa shape index (κ2) is 6.66.